The van der Waals surface area contributed by atoms with Crippen molar-refractivity contribution in [2.24, 2.45) is 5.92 Å². The molecule has 1 aromatic carbocycles. The molecule has 0 saturated carbocycles. The smallest absolute Gasteiger partial charge is 0.179 e. The molecule has 1 unspecified atom stereocenters. The summed E-state index contributed by atoms with van der Waals surface area (Å²) in [5.41, 5.74) is 0.473. The summed E-state index contributed by atoms with van der Waals surface area (Å²) in [5.74, 6) is 0.686. The molecule has 0 aromatic heterocycles. The molecule has 0 amide bonds. The molecule has 0 aliphatic heterocycles. The Labute approximate surface area is 128 Å². The van der Waals surface area contributed by atoms with Gasteiger partial charge in [0.25, 0.3) is 0 Å². The van der Waals surface area contributed by atoms with Crippen LogP contribution in [0.5, 0.6) is 0 Å². The van der Waals surface area contributed by atoms with Crippen LogP contribution in [0, 0.1) is 17.2 Å². The highest BCUT2D eigenvalue weighted by Crippen LogP contribution is 2.13. The molecule has 0 fully saturated rings. The van der Waals surface area contributed by atoms with Crippen molar-refractivity contribution < 1.29 is 8.42 Å². The molecule has 4 nitrogen and oxygen atoms in total. The molecule has 0 aliphatic rings. The number of nitrogens with zero attached hydrogens (tertiary/aromatic N) is 2. The van der Waals surface area contributed by atoms with E-state index in [2.05, 4.69) is 25.7 Å². The van der Waals surface area contributed by atoms with Crippen molar-refractivity contribution in [2.45, 2.75) is 32.1 Å². The summed E-state index contributed by atoms with van der Waals surface area (Å²) < 4.78 is 24.6. The van der Waals surface area contributed by atoms with E-state index in [0.29, 0.717) is 22.9 Å². The minimum atomic E-state index is -3.28. The number of rotatable bonds is 8. The Balaban J connectivity index is 2.69. The second-order valence-electron chi connectivity index (χ2n) is 5.36. The predicted octanol–water partition coefficient (Wildman–Crippen LogP) is 2.70. The first-order chi connectivity index (χ1) is 9.92. The fraction of sp³-hybridized carbons (Fsp3) is 0.562. The van der Waals surface area contributed by atoms with Crippen molar-refractivity contribution >= 4 is 9.84 Å². The van der Waals surface area contributed by atoms with Crippen molar-refractivity contribution in [3.05, 3.63) is 29.8 Å². The van der Waals surface area contributed by atoms with Gasteiger partial charge in [0.1, 0.15) is 0 Å². The Morgan fingerprint density at radius 3 is 2.33 bits per heavy atom. The van der Waals surface area contributed by atoms with Gasteiger partial charge in [-0.05, 0) is 36.7 Å². The van der Waals surface area contributed by atoms with Gasteiger partial charge in [0.05, 0.1) is 22.3 Å². The van der Waals surface area contributed by atoms with Gasteiger partial charge in [0.15, 0.2) is 9.84 Å². The number of hydrogen-bond acceptors (Lipinski definition) is 4. The lowest BCUT2D eigenvalue weighted by molar-refractivity contribution is 0.258. The topological polar surface area (TPSA) is 61.2 Å². The highest BCUT2D eigenvalue weighted by atomic mass is 32.2. The van der Waals surface area contributed by atoms with Crippen molar-refractivity contribution in [1.29, 1.82) is 5.26 Å². The van der Waals surface area contributed by atoms with Crippen LogP contribution in [0.25, 0.3) is 0 Å². The number of hydrogen-bond donors (Lipinski definition) is 0. The van der Waals surface area contributed by atoms with Gasteiger partial charge >= 0.3 is 0 Å². The lowest BCUT2D eigenvalue weighted by atomic mass is 10.1. The molecule has 0 spiro atoms. The van der Waals surface area contributed by atoms with E-state index in [1.807, 2.05) is 6.07 Å². The van der Waals surface area contributed by atoms with Gasteiger partial charge in [-0.15, -0.1) is 0 Å². The van der Waals surface area contributed by atoms with E-state index in [1.54, 1.807) is 12.1 Å². The normalized spacial score (nSPS) is 13.1. The number of nitriles is 1. The van der Waals surface area contributed by atoms with Crippen LogP contribution < -0.4 is 0 Å². The van der Waals surface area contributed by atoms with Gasteiger partial charge in [-0.1, -0.05) is 27.2 Å². The Hall–Kier alpha value is -1.38. The summed E-state index contributed by atoms with van der Waals surface area (Å²) >= 11 is 0. The molecule has 0 radical (unpaired) electrons. The molecule has 1 rings (SSSR count). The summed E-state index contributed by atoms with van der Waals surface area (Å²) in [7, 11) is -3.28. The third-order valence-electron chi connectivity index (χ3n) is 3.73. The highest BCUT2D eigenvalue weighted by Gasteiger charge is 2.16. The van der Waals surface area contributed by atoms with Gasteiger partial charge in [0.2, 0.25) is 0 Å². The van der Waals surface area contributed by atoms with Gasteiger partial charge < -0.3 is 4.90 Å². The SMILES string of the molecule is CCC(C)CN(CC)CCS(=O)(=O)c1ccc(C#N)cc1. The average molecular weight is 308 g/mol. The van der Waals surface area contributed by atoms with Crippen LogP contribution in [0.3, 0.4) is 0 Å². The standard InChI is InChI=1S/C16H24N2O2S/c1-4-14(3)13-18(5-2)10-11-21(19,20)16-8-6-15(12-17)7-9-16/h6-9,14H,4-5,10-11,13H2,1-3H3. The van der Waals surface area contributed by atoms with Crippen molar-refractivity contribution in [3.8, 4) is 6.07 Å². The van der Waals surface area contributed by atoms with E-state index in [0.717, 1.165) is 19.5 Å². The number of benzene rings is 1. The molecule has 1 atom stereocenters. The third kappa shape index (κ3) is 5.49. The molecule has 1 aromatic rings. The third-order valence-corrected chi connectivity index (χ3v) is 5.44. The summed E-state index contributed by atoms with van der Waals surface area (Å²) in [6.07, 6.45) is 1.10. The van der Waals surface area contributed by atoms with Crippen LogP contribution in [-0.4, -0.2) is 38.7 Å². The minimum absolute atomic E-state index is 0.114. The van der Waals surface area contributed by atoms with E-state index in [-0.39, 0.29) is 5.75 Å². The Kier molecular flexibility index (Phi) is 6.86. The zero-order chi connectivity index (χ0) is 15.9. The van der Waals surface area contributed by atoms with Crippen LogP contribution in [0.2, 0.25) is 0 Å². The fourth-order valence-electron chi connectivity index (χ4n) is 2.05. The Morgan fingerprint density at radius 1 is 1.24 bits per heavy atom. The molecular weight excluding hydrogens is 284 g/mol. The first kappa shape index (κ1) is 17.7. The first-order valence-corrected chi connectivity index (χ1v) is 9.03. The quantitative estimate of drug-likeness (QED) is 0.741. The predicted molar refractivity (Wildman–Crippen MR) is 84.8 cm³/mol. The minimum Gasteiger partial charge on any atom is -0.302 e. The van der Waals surface area contributed by atoms with Crippen molar-refractivity contribution in [1.82, 2.24) is 4.90 Å². The highest BCUT2D eigenvalue weighted by molar-refractivity contribution is 7.91. The second kappa shape index (κ2) is 8.16. The van der Waals surface area contributed by atoms with Crippen molar-refractivity contribution in [2.75, 3.05) is 25.4 Å². The van der Waals surface area contributed by atoms with E-state index in [1.165, 1.54) is 12.1 Å². The Bertz CT molecular complexity index is 573. The van der Waals surface area contributed by atoms with Gasteiger partial charge in [-0.3, -0.25) is 0 Å². The maximum absolute atomic E-state index is 12.3. The maximum Gasteiger partial charge on any atom is 0.179 e. The largest absolute Gasteiger partial charge is 0.302 e. The zero-order valence-electron chi connectivity index (χ0n) is 13.0. The second-order valence-corrected chi connectivity index (χ2v) is 7.47. The van der Waals surface area contributed by atoms with Gasteiger partial charge in [-0.25, -0.2) is 8.42 Å². The van der Waals surface area contributed by atoms with Gasteiger partial charge in [0, 0.05) is 13.1 Å². The molecule has 5 heteroatoms. The summed E-state index contributed by atoms with van der Waals surface area (Å²) in [4.78, 5) is 2.47. The molecular formula is C16H24N2O2S. The molecule has 116 valence electrons. The van der Waals surface area contributed by atoms with Crippen molar-refractivity contribution in [3.63, 3.8) is 0 Å². The van der Waals surface area contributed by atoms with Crippen LogP contribution >= 0.6 is 0 Å². The molecule has 0 aliphatic carbocycles. The lowest BCUT2D eigenvalue weighted by Gasteiger charge is -2.23. The van der Waals surface area contributed by atoms with Crippen LogP contribution in [0.15, 0.2) is 29.2 Å². The summed E-state index contributed by atoms with van der Waals surface area (Å²) in [6.45, 7) is 8.70. The monoisotopic (exact) mass is 308 g/mol. The Morgan fingerprint density at radius 2 is 1.86 bits per heavy atom. The first-order valence-electron chi connectivity index (χ1n) is 7.38. The van der Waals surface area contributed by atoms with E-state index >= 15 is 0 Å². The molecule has 0 saturated heterocycles. The van der Waals surface area contributed by atoms with E-state index in [9.17, 15) is 8.42 Å². The van der Waals surface area contributed by atoms with E-state index < -0.39 is 9.84 Å². The lowest BCUT2D eigenvalue weighted by Crippen LogP contribution is -2.32. The average Bonchev–Trinajstić information content (AvgIpc) is 2.51. The summed E-state index contributed by atoms with van der Waals surface area (Å²) in [6, 6.07) is 8.11. The van der Waals surface area contributed by atoms with E-state index in [4.69, 9.17) is 5.26 Å². The molecule has 0 N–H and O–H groups in total. The molecule has 0 heterocycles. The van der Waals surface area contributed by atoms with Crippen LogP contribution in [0.1, 0.15) is 32.8 Å². The van der Waals surface area contributed by atoms with Crippen LogP contribution in [0.4, 0.5) is 0 Å². The fourth-order valence-corrected chi connectivity index (χ4v) is 3.34. The molecule has 21 heavy (non-hydrogen) atoms. The maximum atomic E-state index is 12.3. The zero-order valence-corrected chi connectivity index (χ0v) is 13.9. The molecule has 0 bridgehead atoms. The number of sulfone groups is 1. The van der Waals surface area contributed by atoms with Gasteiger partial charge in [-0.2, -0.15) is 5.26 Å². The van der Waals surface area contributed by atoms with Crippen LogP contribution in [-0.2, 0) is 9.84 Å². The summed E-state index contributed by atoms with van der Waals surface area (Å²) in [5, 5.41) is 8.74.